The number of piperazine rings is 1. The maximum Gasteiger partial charge on any atom is 0.130 e. The van der Waals surface area contributed by atoms with Gasteiger partial charge in [0.15, 0.2) is 0 Å². The van der Waals surface area contributed by atoms with Crippen LogP contribution in [0.5, 0.6) is 0 Å². The van der Waals surface area contributed by atoms with Crippen LogP contribution in [0.1, 0.15) is 24.4 Å². The minimum atomic E-state index is -0.553. The summed E-state index contributed by atoms with van der Waals surface area (Å²) in [7, 11) is 0. The van der Waals surface area contributed by atoms with Gasteiger partial charge in [0.25, 0.3) is 0 Å². The average molecular weight is 307 g/mol. The fourth-order valence-corrected chi connectivity index (χ4v) is 2.58. The summed E-state index contributed by atoms with van der Waals surface area (Å²) in [4.78, 5) is 2.20. The van der Waals surface area contributed by atoms with Gasteiger partial charge < -0.3 is 10.4 Å². The lowest BCUT2D eigenvalue weighted by molar-refractivity contribution is 0.151. The Balaban J connectivity index is 0.00000200. The maximum atomic E-state index is 13.9. The van der Waals surface area contributed by atoms with E-state index < -0.39 is 11.6 Å². The van der Waals surface area contributed by atoms with E-state index in [1.807, 2.05) is 0 Å². The lowest BCUT2D eigenvalue weighted by atomic mass is 9.99. The van der Waals surface area contributed by atoms with Crippen molar-refractivity contribution in [1.29, 1.82) is 0 Å². The molecule has 3 nitrogen and oxygen atoms in total. The van der Waals surface area contributed by atoms with Crippen LogP contribution in [0.25, 0.3) is 0 Å². The molecule has 1 aromatic carbocycles. The molecule has 1 heterocycles. The molecule has 1 aliphatic rings. The first kappa shape index (κ1) is 17.3. The van der Waals surface area contributed by atoms with Crippen molar-refractivity contribution in [2.45, 2.75) is 18.9 Å². The third-order valence-corrected chi connectivity index (χ3v) is 3.55. The second kappa shape index (κ2) is 8.52. The van der Waals surface area contributed by atoms with Crippen LogP contribution in [0, 0.1) is 11.6 Å². The molecule has 114 valence electrons. The van der Waals surface area contributed by atoms with E-state index >= 15 is 0 Å². The zero-order valence-electron chi connectivity index (χ0n) is 11.3. The van der Waals surface area contributed by atoms with Crippen molar-refractivity contribution in [2.75, 3.05) is 32.8 Å². The Kier molecular flexibility index (Phi) is 7.37. The highest BCUT2D eigenvalue weighted by Gasteiger charge is 2.24. The van der Waals surface area contributed by atoms with E-state index in [4.69, 9.17) is 5.11 Å². The number of nitrogens with zero attached hydrogens (tertiary/aromatic N) is 1. The van der Waals surface area contributed by atoms with Gasteiger partial charge in [0.1, 0.15) is 11.6 Å². The molecule has 1 aliphatic heterocycles. The summed E-state index contributed by atoms with van der Waals surface area (Å²) in [5, 5.41) is 12.2. The molecule has 1 atom stereocenters. The zero-order valence-corrected chi connectivity index (χ0v) is 12.1. The largest absolute Gasteiger partial charge is 0.396 e. The summed E-state index contributed by atoms with van der Waals surface area (Å²) < 4.78 is 26.9. The van der Waals surface area contributed by atoms with Gasteiger partial charge in [-0.15, -0.1) is 12.4 Å². The number of hydrogen-bond donors (Lipinski definition) is 2. The van der Waals surface area contributed by atoms with Crippen molar-refractivity contribution < 1.29 is 13.9 Å². The van der Waals surface area contributed by atoms with Crippen LogP contribution in [-0.4, -0.2) is 42.8 Å². The highest BCUT2D eigenvalue weighted by molar-refractivity contribution is 5.85. The van der Waals surface area contributed by atoms with Crippen molar-refractivity contribution in [3.05, 3.63) is 35.4 Å². The van der Waals surface area contributed by atoms with Gasteiger partial charge in [-0.25, -0.2) is 8.78 Å². The van der Waals surface area contributed by atoms with Crippen LogP contribution in [0.15, 0.2) is 18.2 Å². The van der Waals surface area contributed by atoms with Crippen molar-refractivity contribution in [2.24, 2.45) is 0 Å². The molecule has 0 bridgehead atoms. The van der Waals surface area contributed by atoms with Gasteiger partial charge in [0.2, 0.25) is 0 Å². The minimum Gasteiger partial charge on any atom is -0.396 e. The molecule has 2 rings (SSSR count). The third kappa shape index (κ3) is 4.38. The van der Waals surface area contributed by atoms with Gasteiger partial charge >= 0.3 is 0 Å². The van der Waals surface area contributed by atoms with Crippen LogP contribution in [0.4, 0.5) is 8.78 Å². The Hall–Kier alpha value is -0.750. The van der Waals surface area contributed by atoms with Gasteiger partial charge in [0.05, 0.1) is 0 Å². The van der Waals surface area contributed by atoms with E-state index in [1.54, 1.807) is 0 Å². The summed E-state index contributed by atoms with van der Waals surface area (Å²) in [5.74, 6) is -1.05. The Bertz CT molecular complexity index is 414. The molecule has 0 amide bonds. The molecule has 1 aromatic rings. The monoisotopic (exact) mass is 306 g/mol. The van der Waals surface area contributed by atoms with Gasteiger partial charge in [-0.2, -0.15) is 0 Å². The molecule has 0 spiro atoms. The van der Waals surface area contributed by atoms with Gasteiger partial charge in [-0.05, 0) is 18.9 Å². The molecule has 0 aromatic heterocycles. The summed E-state index contributed by atoms with van der Waals surface area (Å²) >= 11 is 0. The normalized spacial score (nSPS) is 17.6. The van der Waals surface area contributed by atoms with E-state index in [9.17, 15) is 8.78 Å². The second-order valence-electron chi connectivity index (χ2n) is 4.83. The molecule has 0 saturated carbocycles. The Morgan fingerprint density at radius 1 is 1.25 bits per heavy atom. The lowest BCUT2D eigenvalue weighted by Gasteiger charge is -2.35. The average Bonchev–Trinajstić information content (AvgIpc) is 2.42. The Morgan fingerprint density at radius 2 is 1.95 bits per heavy atom. The van der Waals surface area contributed by atoms with Crippen LogP contribution in [0.3, 0.4) is 0 Å². The maximum absolute atomic E-state index is 13.9. The fourth-order valence-electron chi connectivity index (χ4n) is 2.58. The van der Waals surface area contributed by atoms with Gasteiger partial charge in [-0.1, -0.05) is 6.07 Å². The zero-order chi connectivity index (χ0) is 13.7. The van der Waals surface area contributed by atoms with E-state index in [-0.39, 0.29) is 25.1 Å². The number of rotatable bonds is 5. The van der Waals surface area contributed by atoms with Crippen LogP contribution in [0.2, 0.25) is 0 Å². The summed E-state index contributed by atoms with van der Waals surface area (Å²) in [6.07, 6.45) is 1.30. The van der Waals surface area contributed by atoms with E-state index in [1.165, 1.54) is 12.1 Å². The number of aliphatic hydroxyl groups is 1. The first-order chi connectivity index (χ1) is 9.22. The molecule has 0 aliphatic carbocycles. The minimum absolute atomic E-state index is 0. The van der Waals surface area contributed by atoms with Gasteiger partial charge in [-0.3, -0.25) is 4.90 Å². The highest BCUT2D eigenvalue weighted by atomic mass is 35.5. The number of nitrogens with one attached hydrogen (secondary N) is 1. The smallest absolute Gasteiger partial charge is 0.130 e. The van der Waals surface area contributed by atoms with Crippen molar-refractivity contribution in [3.8, 4) is 0 Å². The molecule has 6 heteroatoms. The fraction of sp³-hybridized carbons (Fsp3) is 0.571. The van der Waals surface area contributed by atoms with Crippen molar-refractivity contribution in [1.82, 2.24) is 10.2 Å². The highest BCUT2D eigenvalue weighted by Crippen LogP contribution is 2.28. The van der Waals surface area contributed by atoms with E-state index in [0.29, 0.717) is 18.4 Å². The summed E-state index contributed by atoms with van der Waals surface area (Å²) in [6, 6.07) is 3.67. The molecule has 1 saturated heterocycles. The molecule has 20 heavy (non-hydrogen) atoms. The number of aliphatic hydroxyl groups excluding tert-OH is 1. The molecule has 0 unspecified atom stereocenters. The van der Waals surface area contributed by atoms with Gasteiger partial charge in [0, 0.05) is 50.5 Å². The Labute approximate surface area is 124 Å². The number of benzene rings is 1. The predicted molar refractivity (Wildman–Crippen MR) is 77.1 cm³/mol. The SMILES string of the molecule is Cl.OCCC[C@@H](c1ccc(F)cc1F)N1CCNCC1. The number of halogens is 3. The van der Waals surface area contributed by atoms with E-state index in [2.05, 4.69) is 10.2 Å². The summed E-state index contributed by atoms with van der Waals surface area (Å²) in [5.41, 5.74) is 0.525. The standard InChI is InChI=1S/C14H20F2N2O.ClH/c15-11-3-4-12(13(16)10-11)14(2-1-9-19)18-7-5-17-6-8-18;/h3-4,10,14,17,19H,1-2,5-9H2;1H/t14-;/m0./s1. The van der Waals surface area contributed by atoms with Crippen molar-refractivity contribution in [3.63, 3.8) is 0 Å². The second-order valence-corrected chi connectivity index (χ2v) is 4.83. The van der Waals surface area contributed by atoms with Crippen molar-refractivity contribution >= 4 is 12.4 Å². The quantitative estimate of drug-likeness (QED) is 0.874. The first-order valence-corrected chi connectivity index (χ1v) is 6.73. The summed E-state index contributed by atoms with van der Waals surface area (Å²) in [6.45, 7) is 3.52. The first-order valence-electron chi connectivity index (χ1n) is 6.73. The molecule has 2 N–H and O–H groups in total. The molecule has 1 fully saturated rings. The molecule has 0 radical (unpaired) electrons. The van der Waals surface area contributed by atoms with Crippen LogP contribution < -0.4 is 5.32 Å². The topological polar surface area (TPSA) is 35.5 Å². The van der Waals surface area contributed by atoms with E-state index in [0.717, 1.165) is 32.2 Å². The lowest BCUT2D eigenvalue weighted by Crippen LogP contribution is -2.45. The molecular weight excluding hydrogens is 286 g/mol. The van der Waals surface area contributed by atoms with Crippen LogP contribution in [-0.2, 0) is 0 Å². The van der Waals surface area contributed by atoms with Crippen LogP contribution >= 0.6 is 12.4 Å². The predicted octanol–water partition coefficient (Wildman–Crippen LogP) is 2.11. The Morgan fingerprint density at radius 3 is 2.55 bits per heavy atom. The third-order valence-electron chi connectivity index (χ3n) is 3.55. The molecular formula is C14H21ClF2N2O. The number of hydrogen-bond acceptors (Lipinski definition) is 3.